The molecule has 3 nitrogen and oxygen atoms in total. The van der Waals surface area contributed by atoms with Gasteiger partial charge in [0.1, 0.15) is 0 Å². The number of pyridine rings is 2. The van der Waals surface area contributed by atoms with Gasteiger partial charge in [-0.3, -0.25) is 9.78 Å². The van der Waals surface area contributed by atoms with Gasteiger partial charge in [0.25, 0.3) is 0 Å². The molecule has 0 saturated carbocycles. The highest BCUT2D eigenvalue weighted by molar-refractivity contribution is 6.30. The number of aromatic amines is 1. The van der Waals surface area contributed by atoms with Gasteiger partial charge >= 0.3 is 0 Å². The monoisotopic (exact) mass is 436 g/mol. The predicted octanol–water partition coefficient (Wildman–Crippen LogP) is 6.62. The van der Waals surface area contributed by atoms with Gasteiger partial charge in [-0.25, -0.2) is 0 Å². The molecule has 0 spiro atoms. The number of para-hydroxylation sites is 1. The number of hydrogen-bond acceptors (Lipinski definition) is 2. The Morgan fingerprint density at radius 3 is 2.50 bits per heavy atom. The van der Waals surface area contributed by atoms with Crippen molar-refractivity contribution in [1.82, 2.24) is 9.97 Å². The van der Waals surface area contributed by atoms with E-state index in [1.807, 2.05) is 30.5 Å². The fourth-order valence-electron chi connectivity index (χ4n) is 4.24. The Hall–Kier alpha value is -3.69. The van der Waals surface area contributed by atoms with Gasteiger partial charge < -0.3 is 4.98 Å². The highest BCUT2D eigenvalue weighted by atomic mass is 35.5. The van der Waals surface area contributed by atoms with E-state index >= 15 is 0 Å². The largest absolute Gasteiger partial charge is 0.329 e. The van der Waals surface area contributed by atoms with Gasteiger partial charge in [-0.15, -0.1) is 0 Å². The van der Waals surface area contributed by atoms with Crippen molar-refractivity contribution in [2.45, 2.75) is 12.3 Å². The van der Waals surface area contributed by atoms with Crippen molar-refractivity contribution < 1.29 is 0 Å². The fourth-order valence-corrected chi connectivity index (χ4v) is 4.36. The van der Waals surface area contributed by atoms with E-state index in [9.17, 15) is 4.79 Å². The van der Waals surface area contributed by atoms with E-state index in [-0.39, 0.29) is 11.5 Å². The van der Waals surface area contributed by atoms with Crippen LogP contribution in [0.15, 0.2) is 108 Å². The molecule has 4 heteroatoms. The highest BCUT2D eigenvalue weighted by Crippen LogP contribution is 2.33. The first kappa shape index (κ1) is 20.2. The molecular weight excluding hydrogens is 416 g/mol. The molecule has 1 unspecified atom stereocenters. The van der Waals surface area contributed by atoms with Crippen molar-refractivity contribution in [3.8, 4) is 11.1 Å². The smallest absolute Gasteiger partial charge is 0.248 e. The van der Waals surface area contributed by atoms with Crippen LogP contribution in [0.5, 0.6) is 0 Å². The molecule has 0 aliphatic heterocycles. The molecule has 3 aromatic carbocycles. The van der Waals surface area contributed by atoms with E-state index in [1.165, 1.54) is 5.56 Å². The number of rotatable bonds is 5. The molecule has 0 fully saturated rings. The fraction of sp³-hybridized carbons (Fsp3) is 0.0714. The lowest BCUT2D eigenvalue weighted by Gasteiger charge is -2.19. The van der Waals surface area contributed by atoms with Crippen LogP contribution >= 0.6 is 11.6 Å². The van der Waals surface area contributed by atoms with E-state index in [0.717, 1.165) is 33.2 Å². The highest BCUT2D eigenvalue weighted by Gasteiger charge is 2.17. The van der Waals surface area contributed by atoms with Gasteiger partial charge in [0.15, 0.2) is 0 Å². The molecule has 0 aliphatic rings. The van der Waals surface area contributed by atoms with E-state index in [0.29, 0.717) is 11.4 Å². The zero-order chi connectivity index (χ0) is 21.9. The first-order valence-corrected chi connectivity index (χ1v) is 10.9. The van der Waals surface area contributed by atoms with Crippen LogP contribution in [-0.4, -0.2) is 9.97 Å². The summed E-state index contributed by atoms with van der Waals surface area (Å²) >= 11 is 6.15. The lowest BCUT2D eigenvalue weighted by molar-refractivity contribution is 0.802. The SMILES string of the molecule is O=c1cc(CC(c2ccc(Cl)cc2)c2cccc(-c3cccc4cccnc34)c2)cc[nH]1. The Bertz CT molecular complexity index is 1430. The van der Waals surface area contributed by atoms with Crippen LogP contribution in [0.2, 0.25) is 5.02 Å². The summed E-state index contributed by atoms with van der Waals surface area (Å²) in [5.74, 6) is 0.0805. The average molecular weight is 437 g/mol. The number of benzene rings is 3. The summed E-state index contributed by atoms with van der Waals surface area (Å²) in [5, 5.41) is 1.83. The number of nitrogens with one attached hydrogen (secondary N) is 1. The maximum absolute atomic E-state index is 11.9. The topological polar surface area (TPSA) is 45.8 Å². The molecular formula is C28H21ClN2O. The molecule has 2 aromatic heterocycles. The Labute approximate surface area is 191 Å². The average Bonchev–Trinajstić information content (AvgIpc) is 2.83. The second-order valence-corrected chi connectivity index (χ2v) is 8.31. The van der Waals surface area contributed by atoms with Crippen LogP contribution in [0.1, 0.15) is 22.6 Å². The Morgan fingerprint density at radius 1 is 0.844 bits per heavy atom. The summed E-state index contributed by atoms with van der Waals surface area (Å²) in [6.45, 7) is 0. The zero-order valence-electron chi connectivity index (χ0n) is 17.3. The molecule has 1 N–H and O–H groups in total. The molecule has 0 amide bonds. The van der Waals surface area contributed by atoms with Crippen LogP contribution in [-0.2, 0) is 6.42 Å². The predicted molar refractivity (Wildman–Crippen MR) is 131 cm³/mol. The molecule has 32 heavy (non-hydrogen) atoms. The van der Waals surface area contributed by atoms with Gasteiger partial charge in [-0.1, -0.05) is 72.3 Å². The molecule has 156 valence electrons. The molecule has 5 rings (SSSR count). The Kier molecular flexibility index (Phi) is 5.57. The molecule has 0 bridgehead atoms. The second kappa shape index (κ2) is 8.81. The van der Waals surface area contributed by atoms with Crippen molar-refractivity contribution in [3.05, 3.63) is 135 Å². The van der Waals surface area contributed by atoms with Crippen molar-refractivity contribution in [1.29, 1.82) is 0 Å². The van der Waals surface area contributed by atoms with E-state index < -0.39 is 0 Å². The van der Waals surface area contributed by atoms with Gasteiger partial charge in [-0.05, 0) is 52.9 Å². The van der Waals surface area contributed by atoms with Crippen molar-refractivity contribution in [2.75, 3.05) is 0 Å². The first-order chi connectivity index (χ1) is 15.7. The Morgan fingerprint density at radius 2 is 1.66 bits per heavy atom. The van der Waals surface area contributed by atoms with E-state index in [1.54, 1.807) is 12.3 Å². The summed E-state index contributed by atoms with van der Waals surface area (Å²) in [4.78, 5) is 19.2. The summed E-state index contributed by atoms with van der Waals surface area (Å²) in [6.07, 6.45) is 4.25. The number of hydrogen-bond donors (Lipinski definition) is 1. The number of fused-ring (bicyclic) bond motifs is 1. The minimum Gasteiger partial charge on any atom is -0.329 e. The molecule has 0 aliphatic carbocycles. The van der Waals surface area contributed by atoms with Gasteiger partial charge in [0.05, 0.1) is 5.52 Å². The maximum Gasteiger partial charge on any atom is 0.248 e. The molecule has 1 atom stereocenters. The quantitative estimate of drug-likeness (QED) is 0.336. The Balaban J connectivity index is 1.61. The van der Waals surface area contributed by atoms with Crippen molar-refractivity contribution in [3.63, 3.8) is 0 Å². The summed E-state index contributed by atoms with van der Waals surface area (Å²) < 4.78 is 0. The summed E-state index contributed by atoms with van der Waals surface area (Å²) in [7, 11) is 0. The van der Waals surface area contributed by atoms with Crippen LogP contribution in [0, 0.1) is 0 Å². The molecule has 2 heterocycles. The lowest BCUT2D eigenvalue weighted by atomic mass is 9.85. The second-order valence-electron chi connectivity index (χ2n) is 7.88. The lowest BCUT2D eigenvalue weighted by Crippen LogP contribution is -2.09. The third kappa shape index (κ3) is 4.20. The first-order valence-electron chi connectivity index (χ1n) is 10.5. The molecule has 0 radical (unpaired) electrons. The minimum atomic E-state index is -0.0899. The van der Waals surface area contributed by atoms with Gasteiger partial charge in [-0.2, -0.15) is 0 Å². The summed E-state index contributed by atoms with van der Waals surface area (Å²) in [5.41, 5.74) is 6.46. The molecule has 0 saturated heterocycles. The van der Waals surface area contributed by atoms with Crippen LogP contribution < -0.4 is 5.56 Å². The number of H-pyrrole nitrogens is 1. The van der Waals surface area contributed by atoms with Gasteiger partial charge in [0.2, 0.25) is 5.56 Å². The van der Waals surface area contributed by atoms with Crippen molar-refractivity contribution >= 4 is 22.5 Å². The number of halogens is 1. The van der Waals surface area contributed by atoms with Crippen LogP contribution in [0.3, 0.4) is 0 Å². The summed E-state index contributed by atoms with van der Waals surface area (Å²) in [6, 6.07) is 30.5. The van der Waals surface area contributed by atoms with Crippen LogP contribution in [0.25, 0.3) is 22.0 Å². The minimum absolute atomic E-state index is 0.0805. The zero-order valence-corrected chi connectivity index (χ0v) is 18.1. The normalized spacial score (nSPS) is 12.0. The van der Waals surface area contributed by atoms with E-state index in [2.05, 4.69) is 70.6 Å². The standard InChI is InChI=1S/C28H21ClN2O/c29-24-11-9-20(10-12-24)26(16-19-13-15-30-27(32)17-19)23-6-1-5-22(18-23)25-8-2-4-21-7-3-14-31-28(21)25/h1-15,17-18,26H,16H2,(H,30,32). The van der Waals surface area contributed by atoms with Gasteiger partial charge in [0, 0.05) is 40.4 Å². The number of nitrogens with zero attached hydrogens (tertiary/aromatic N) is 1. The third-order valence-electron chi connectivity index (χ3n) is 5.78. The number of aromatic nitrogens is 2. The maximum atomic E-state index is 11.9. The van der Waals surface area contributed by atoms with E-state index in [4.69, 9.17) is 11.6 Å². The molecule has 5 aromatic rings. The van der Waals surface area contributed by atoms with Crippen molar-refractivity contribution in [2.24, 2.45) is 0 Å². The van der Waals surface area contributed by atoms with Crippen LogP contribution in [0.4, 0.5) is 0 Å². The third-order valence-corrected chi connectivity index (χ3v) is 6.04.